The molecule has 1 aromatic rings. The molecule has 1 aliphatic carbocycles. The Morgan fingerprint density at radius 3 is 3.07 bits per heavy atom. The van der Waals surface area contributed by atoms with Crippen LogP contribution in [0.1, 0.15) is 25.3 Å². The van der Waals surface area contributed by atoms with Crippen molar-refractivity contribution in [3.05, 3.63) is 24.0 Å². The van der Waals surface area contributed by atoms with E-state index in [2.05, 4.69) is 17.2 Å². The standard InChI is InChI=1S/C12H19N3/c1-9(7-15-11-2-3-11)6-10-8-14-5-4-12(10)13/h4-5,8-9,11,15H,2-3,6-7H2,1H3,(H2,13,14). The fraction of sp³-hybridized carbons (Fsp3) is 0.583. The second-order valence-electron chi connectivity index (χ2n) is 4.57. The van der Waals surface area contributed by atoms with Crippen LogP contribution < -0.4 is 11.1 Å². The van der Waals surface area contributed by atoms with Crippen LogP contribution in [0.15, 0.2) is 18.5 Å². The van der Waals surface area contributed by atoms with Gasteiger partial charge in [-0.15, -0.1) is 0 Å². The first-order valence-electron chi connectivity index (χ1n) is 5.67. The molecule has 3 heteroatoms. The molecular weight excluding hydrogens is 186 g/mol. The van der Waals surface area contributed by atoms with Crippen molar-refractivity contribution < 1.29 is 0 Å². The summed E-state index contributed by atoms with van der Waals surface area (Å²) < 4.78 is 0. The minimum absolute atomic E-state index is 0.622. The van der Waals surface area contributed by atoms with Crippen LogP contribution in [0.3, 0.4) is 0 Å². The Labute approximate surface area is 91.1 Å². The van der Waals surface area contributed by atoms with Crippen molar-refractivity contribution in [3.63, 3.8) is 0 Å². The number of pyridine rings is 1. The van der Waals surface area contributed by atoms with Crippen LogP contribution in [0, 0.1) is 5.92 Å². The van der Waals surface area contributed by atoms with Crippen LogP contribution >= 0.6 is 0 Å². The molecule has 0 spiro atoms. The number of rotatable bonds is 5. The van der Waals surface area contributed by atoms with Crippen LogP contribution in [0.2, 0.25) is 0 Å². The van der Waals surface area contributed by atoms with Gasteiger partial charge in [-0.2, -0.15) is 0 Å². The second kappa shape index (κ2) is 4.62. The zero-order chi connectivity index (χ0) is 10.7. The van der Waals surface area contributed by atoms with Crippen LogP contribution in [0.4, 0.5) is 5.69 Å². The van der Waals surface area contributed by atoms with Crippen LogP contribution in [-0.4, -0.2) is 17.6 Å². The molecule has 0 bridgehead atoms. The van der Waals surface area contributed by atoms with Crippen molar-refractivity contribution in [2.24, 2.45) is 5.92 Å². The van der Waals surface area contributed by atoms with Crippen molar-refractivity contribution in [1.29, 1.82) is 0 Å². The van der Waals surface area contributed by atoms with E-state index >= 15 is 0 Å². The largest absolute Gasteiger partial charge is 0.398 e. The van der Waals surface area contributed by atoms with Gasteiger partial charge in [0.25, 0.3) is 0 Å². The molecule has 3 N–H and O–H groups in total. The molecule has 2 rings (SSSR count). The zero-order valence-electron chi connectivity index (χ0n) is 9.24. The van der Waals surface area contributed by atoms with Gasteiger partial charge in [-0.3, -0.25) is 4.98 Å². The van der Waals surface area contributed by atoms with E-state index in [-0.39, 0.29) is 0 Å². The summed E-state index contributed by atoms with van der Waals surface area (Å²) in [6.07, 6.45) is 7.33. The third-order valence-corrected chi connectivity index (χ3v) is 2.84. The highest BCUT2D eigenvalue weighted by Gasteiger charge is 2.20. The van der Waals surface area contributed by atoms with E-state index in [1.807, 2.05) is 12.3 Å². The quantitative estimate of drug-likeness (QED) is 0.767. The van der Waals surface area contributed by atoms with Crippen molar-refractivity contribution in [2.75, 3.05) is 12.3 Å². The van der Waals surface area contributed by atoms with E-state index in [1.165, 1.54) is 18.4 Å². The van der Waals surface area contributed by atoms with Crippen LogP contribution in [0.25, 0.3) is 0 Å². The SMILES string of the molecule is CC(CNC1CC1)Cc1cnccc1N. The van der Waals surface area contributed by atoms with Gasteiger partial charge in [-0.05, 0) is 43.4 Å². The molecule has 1 atom stereocenters. The molecule has 0 aliphatic heterocycles. The summed E-state index contributed by atoms with van der Waals surface area (Å²) in [4.78, 5) is 4.11. The van der Waals surface area contributed by atoms with Gasteiger partial charge in [-0.25, -0.2) is 0 Å². The lowest BCUT2D eigenvalue weighted by molar-refractivity contribution is 0.509. The summed E-state index contributed by atoms with van der Waals surface area (Å²) in [6.45, 7) is 3.33. The normalized spacial score (nSPS) is 17.7. The van der Waals surface area contributed by atoms with E-state index in [4.69, 9.17) is 5.73 Å². The van der Waals surface area contributed by atoms with Gasteiger partial charge < -0.3 is 11.1 Å². The molecule has 15 heavy (non-hydrogen) atoms. The highest BCUT2D eigenvalue weighted by Crippen LogP contribution is 2.20. The van der Waals surface area contributed by atoms with Gasteiger partial charge in [0.1, 0.15) is 0 Å². The minimum Gasteiger partial charge on any atom is -0.398 e. The summed E-state index contributed by atoms with van der Waals surface area (Å²) >= 11 is 0. The highest BCUT2D eigenvalue weighted by atomic mass is 14.9. The first-order chi connectivity index (χ1) is 7.25. The van der Waals surface area contributed by atoms with Gasteiger partial charge in [0, 0.05) is 24.1 Å². The van der Waals surface area contributed by atoms with E-state index in [0.717, 1.165) is 24.7 Å². The van der Waals surface area contributed by atoms with E-state index in [1.54, 1.807) is 6.20 Å². The molecule has 0 radical (unpaired) electrons. The number of anilines is 1. The Kier molecular flexibility index (Phi) is 3.21. The molecule has 1 aliphatic rings. The second-order valence-corrected chi connectivity index (χ2v) is 4.57. The molecule has 1 aromatic heterocycles. The Bertz CT molecular complexity index is 320. The monoisotopic (exact) mass is 205 g/mol. The lowest BCUT2D eigenvalue weighted by Gasteiger charge is -2.13. The molecule has 1 saturated carbocycles. The molecule has 1 fully saturated rings. The van der Waals surface area contributed by atoms with Crippen molar-refractivity contribution in [3.8, 4) is 0 Å². The summed E-state index contributed by atoms with van der Waals surface area (Å²) in [5, 5.41) is 3.53. The average molecular weight is 205 g/mol. The first kappa shape index (κ1) is 10.4. The van der Waals surface area contributed by atoms with E-state index in [0.29, 0.717) is 5.92 Å². The molecule has 3 nitrogen and oxygen atoms in total. The molecule has 0 amide bonds. The summed E-state index contributed by atoms with van der Waals surface area (Å²) in [5.74, 6) is 0.622. The highest BCUT2D eigenvalue weighted by molar-refractivity contribution is 5.44. The fourth-order valence-electron chi connectivity index (χ4n) is 1.71. The predicted octanol–water partition coefficient (Wildman–Crippen LogP) is 1.59. The Hall–Kier alpha value is -1.09. The molecule has 1 heterocycles. The molecule has 0 saturated heterocycles. The number of nitrogens with two attached hydrogens (primary N) is 1. The van der Waals surface area contributed by atoms with Gasteiger partial charge in [0.05, 0.1) is 0 Å². The average Bonchev–Trinajstić information content (AvgIpc) is 3.02. The maximum atomic E-state index is 5.88. The maximum absolute atomic E-state index is 5.88. The zero-order valence-corrected chi connectivity index (χ0v) is 9.24. The third kappa shape index (κ3) is 3.20. The van der Waals surface area contributed by atoms with Crippen molar-refractivity contribution >= 4 is 5.69 Å². The van der Waals surface area contributed by atoms with Gasteiger partial charge in [-0.1, -0.05) is 6.92 Å². The topological polar surface area (TPSA) is 50.9 Å². The Balaban J connectivity index is 1.81. The maximum Gasteiger partial charge on any atom is 0.0377 e. The molecule has 0 aromatic carbocycles. The number of nitrogens with zero attached hydrogens (tertiary/aromatic N) is 1. The molecule has 82 valence electrons. The molecule has 1 unspecified atom stereocenters. The van der Waals surface area contributed by atoms with Crippen LogP contribution in [-0.2, 0) is 6.42 Å². The Morgan fingerprint density at radius 1 is 1.60 bits per heavy atom. The Morgan fingerprint density at radius 2 is 2.40 bits per heavy atom. The summed E-state index contributed by atoms with van der Waals surface area (Å²) in [7, 11) is 0. The van der Waals surface area contributed by atoms with E-state index < -0.39 is 0 Å². The number of hydrogen-bond donors (Lipinski definition) is 2. The molecular formula is C12H19N3. The van der Waals surface area contributed by atoms with Crippen molar-refractivity contribution in [1.82, 2.24) is 10.3 Å². The van der Waals surface area contributed by atoms with Gasteiger partial charge in [0.2, 0.25) is 0 Å². The smallest absolute Gasteiger partial charge is 0.0377 e. The summed E-state index contributed by atoms with van der Waals surface area (Å²) in [5.41, 5.74) is 7.91. The minimum atomic E-state index is 0.622. The third-order valence-electron chi connectivity index (χ3n) is 2.84. The van der Waals surface area contributed by atoms with Gasteiger partial charge >= 0.3 is 0 Å². The number of nitrogen functional groups attached to an aromatic ring is 1. The first-order valence-corrected chi connectivity index (χ1v) is 5.67. The lowest BCUT2D eigenvalue weighted by Crippen LogP contribution is -2.24. The summed E-state index contributed by atoms with van der Waals surface area (Å²) in [6, 6.07) is 2.66. The lowest BCUT2D eigenvalue weighted by atomic mass is 10.0. The van der Waals surface area contributed by atoms with Crippen LogP contribution in [0.5, 0.6) is 0 Å². The fourth-order valence-corrected chi connectivity index (χ4v) is 1.71. The predicted molar refractivity (Wildman–Crippen MR) is 62.5 cm³/mol. The van der Waals surface area contributed by atoms with Crippen molar-refractivity contribution in [2.45, 2.75) is 32.2 Å². The number of hydrogen-bond acceptors (Lipinski definition) is 3. The number of nitrogens with one attached hydrogen (secondary N) is 1. The van der Waals surface area contributed by atoms with Gasteiger partial charge in [0.15, 0.2) is 0 Å². The number of aromatic nitrogens is 1. The van der Waals surface area contributed by atoms with E-state index in [9.17, 15) is 0 Å².